The minimum atomic E-state index is -4.64. The van der Waals surface area contributed by atoms with Crippen molar-refractivity contribution in [2.24, 2.45) is 0 Å². The fraction of sp³-hybridized carbons (Fsp3) is 0.158. The molecule has 2 aromatic rings. The monoisotopic (exact) mass is 412 g/mol. The molecule has 0 saturated heterocycles. The van der Waals surface area contributed by atoms with Crippen molar-refractivity contribution in [2.45, 2.75) is 13.1 Å². The topological polar surface area (TPSA) is 87.7 Å². The van der Waals surface area contributed by atoms with Crippen molar-refractivity contribution < 1.29 is 37.0 Å². The van der Waals surface area contributed by atoms with Gasteiger partial charge in [-0.25, -0.2) is 14.0 Å². The molecule has 154 valence electrons. The average Bonchev–Trinajstić information content (AvgIpc) is 2.63. The van der Waals surface area contributed by atoms with E-state index < -0.39 is 29.6 Å². The standard InChI is InChI=1S/C19H16F4N2O4/c1-10(17(26)27)8-11-4-3-5-13(20)16(11)25-18(28)24-14-9-12(19(21,22)23)6-7-15(14)29-2/h3-9H,1-2H3,(H,26,27)(H2,24,25,28)/b10-8-. The number of nitrogens with one attached hydrogen (secondary N) is 2. The molecule has 0 fully saturated rings. The van der Waals surface area contributed by atoms with Gasteiger partial charge in [0.05, 0.1) is 24.0 Å². The Hall–Kier alpha value is -3.56. The Bertz CT molecular complexity index is 971. The minimum Gasteiger partial charge on any atom is -0.495 e. The molecule has 0 aliphatic rings. The van der Waals surface area contributed by atoms with Crippen LogP contribution in [0.2, 0.25) is 0 Å². The van der Waals surface area contributed by atoms with Crippen LogP contribution in [0.15, 0.2) is 42.0 Å². The first kappa shape index (κ1) is 21.7. The van der Waals surface area contributed by atoms with Crippen LogP contribution < -0.4 is 15.4 Å². The van der Waals surface area contributed by atoms with Gasteiger partial charge in [-0.1, -0.05) is 12.1 Å². The first-order valence-electron chi connectivity index (χ1n) is 8.06. The lowest BCUT2D eigenvalue weighted by Gasteiger charge is -2.15. The SMILES string of the molecule is COc1ccc(C(F)(F)F)cc1NC(=O)Nc1c(F)cccc1/C=C(/C)C(=O)O. The lowest BCUT2D eigenvalue weighted by atomic mass is 10.1. The first-order valence-corrected chi connectivity index (χ1v) is 8.06. The smallest absolute Gasteiger partial charge is 0.416 e. The highest BCUT2D eigenvalue weighted by Gasteiger charge is 2.31. The molecule has 2 aromatic carbocycles. The fourth-order valence-corrected chi connectivity index (χ4v) is 2.34. The molecule has 0 aliphatic carbocycles. The number of alkyl halides is 3. The van der Waals surface area contributed by atoms with Crippen LogP contribution in [0.1, 0.15) is 18.1 Å². The molecule has 2 amide bonds. The molecule has 0 atom stereocenters. The highest BCUT2D eigenvalue weighted by Crippen LogP contribution is 2.35. The van der Waals surface area contributed by atoms with Gasteiger partial charge in [-0.05, 0) is 37.3 Å². The number of carboxylic acid groups (broad SMARTS) is 1. The number of benzene rings is 2. The molecular formula is C19H16F4N2O4. The van der Waals surface area contributed by atoms with Crippen LogP contribution in [-0.2, 0) is 11.0 Å². The summed E-state index contributed by atoms with van der Waals surface area (Å²) in [4.78, 5) is 23.3. The summed E-state index contributed by atoms with van der Waals surface area (Å²) in [5.41, 5.74) is -1.68. The van der Waals surface area contributed by atoms with Crippen molar-refractivity contribution in [3.8, 4) is 5.75 Å². The number of amides is 2. The Morgan fingerprint density at radius 3 is 2.41 bits per heavy atom. The summed E-state index contributed by atoms with van der Waals surface area (Å²) < 4.78 is 57.8. The van der Waals surface area contributed by atoms with Gasteiger partial charge in [-0.2, -0.15) is 13.2 Å². The number of carboxylic acids is 1. The van der Waals surface area contributed by atoms with Crippen molar-refractivity contribution in [1.82, 2.24) is 0 Å². The Labute approximate surface area is 162 Å². The predicted molar refractivity (Wildman–Crippen MR) is 98.3 cm³/mol. The summed E-state index contributed by atoms with van der Waals surface area (Å²) in [5, 5.41) is 13.3. The lowest BCUT2D eigenvalue weighted by Crippen LogP contribution is -2.21. The third kappa shape index (κ3) is 5.47. The van der Waals surface area contributed by atoms with E-state index in [2.05, 4.69) is 10.6 Å². The molecule has 0 spiro atoms. The molecule has 0 radical (unpaired) electrons. The molecular weight excluding hydrogens is 396 g/mol. The van der Waals surface area contributed by atoms with Gasteiger partial charge in [-0.15, -0.1) is 0 Å². The number of rotatable bonds is 5. The predicted octanol–water partition coefficient (Wildman–Crippen LogP) is 4.99. The summed E-state index contributed by atoms with van der Waals surface area (Å²) in [6, 6.07) is 5.17. The number of halogens is 4. The number of urea groups is 1. The van der Waals surface area contributed by atoms with Gasteiger partial charge in [0.15, 0.2) is 0 Å². The van der Waals surface area contributed by atoms with Gasteiger partial charge in [-0.3, -0.25) is 0 Å². The summed E-state index contributed by atoms with van der Waals surface area (Å²) in [6.07, 6.45) is -3.50. The van der Waals surface area contributed by atoms with Crippen molar-refractivity contribution in [1.29, 1.82) is 0 Å². The molecule has 0 bridgehead atoms. The maximum Gasteiger partial charge on any atom is 0.416 e. The quantitative estimate of drug-likeness (QED) is 0.477. The summed E-state index contributed by atoms with van der Waals surface area (Å²) in [7, 11) is 1.21. The second-order valence-electron chi connectivity index (χ2n) is 5.83. The molecule has 2 rings (SSSR count). The van der Waals surface area contributed by atoms with Gasteiger partial charge in [0.2, 0.25) is 0 Å². The van der Waals surface area contributed by atoms with E-state index in [1.807, 2.05) is 0 Å². The largest absolute Gasteiger partial charge is 0.495 e. The van der Waals surface area contributed by atoms with E-state index >= 15 is 0 Å². The van der Waals surface area contributed by atoms with E-state index in [0.717, 1.165) is 24.3 Å². The van der Waals surface area contributed by atoms with Crippen LogP contribution >= 0.6 is 0 Å². The van der Waals surface area contributed by atoms with Gasteiger partial charge in [0, 0.05) is 11.1 Å². The number of hydrogen-bond donors (Lipinski definition) is 3. The molecule has 0 unspecified atom stereocenters. The van der Waals surface area contributed by atoms with E-state index in [0.29, 0.717) is 6.07 Å². The third-order valence-electron chi connectivity index (χ3n) is 3.77. The molecule has 6 nitrogen and oxygen atoms in total. The molecule has 0 heterocycles. The maximum atomic E-state index is 14.2. The van der Waals surface area contributed by atoms with Crippen molar-refractivity contribution >= 4 is 29.5 Å². The van der Waals surface area contributed by atoms with Crippen LogP contribution in [0.4, 0.5) is 33.7 Å². The number of aliphatic carboxylic acids is 1. The van der Waals surface area contributed by atoms with Gasteiger partial charge in [0.25, 0.3) is 0 Å². The van der Waals surface area contributed by atoms with E-state index in [4.69, 9.17) is 9.84 Å². The zero-order valence-corrected chi connectivity index (χ0v) is 15.2. The zero-order valence-electron chi connectivity index (χ0n) is 15.2. The number of methoxy groups -OCH3 is 1. The fourth-order valence-electron chi connectivity index (χ4n) is 2.34. The Morgan fingerprint density at radius 2 is 1.83 bits per heavy atom. The van der Waals surface area contributed by atoms with Crippen LogP contribution in [-0.4, -0.2) is 24.2 Å². The molecule has 0 aromatic heterocycles. The number of ether oxygens (including phenoxy) is 1. The second kappa shape index (κ2) is 8.63. The van der Waals surface area contributed by atoms with Gasteiger partial charge < -0.3 is 20.5 Å². The van der Waals surface area contributed by atoms with Crippen LogP contribution in [0.3, 0.4) is 0 Å². The first-order chi connectivity index (χ1) is 13.5. The number of anilines is 2. The minimum absolute atomic E-state index is 0.0384. The highest BCUT2D eigenvalue weighted by molar-refractivity contribution is 6.02. The van der Waals surface area contributed by atoms with E-state index in [1.54, 1.807) is 0 Å². The third-order valence-corrected chi connectivity index (χ3v) is 3.77. The number of hydrogen-bond acceptors (Lipinski definition) is 3. The molecule has 3 N–H and O–H groups in total. The average molecular weight is 412 g/mol. The van der Waals surface area contributed by atoms with Crippen LogP contribution in [0.5, 0.6) is 5.75 Å². The molecule has 0 saturated carbocycles. The summed E-state index contributed by atoms with van der Waals surface area (Å²) in [6.45, 7) is 1.28. The Morgan fingerprint density at radius 1 is 1.14 bits per heavy atom. The maximum absolute atomic E-state index is 14.2. The van der Waals surface area contributed by atoms with Crippen LogP contribution in [0.25, 0.3) is 6.08 Å². The van der Waals surface area contributed by atoms with Gasteiger partial charge in [0.1, 0.15) is 11.6 Å². The zero-order chi connectivity index (χ0) is 21.8. The van der Waals surface area contributed by atoms with Crippen molar-refractivity contribution in [2.75, 3.05) is 17.7 Å². The molecule has 10 heteroatoms. The Balaban J connectivity index is 2.33. The van der Waals surface area contributed by atoms with Gasteiger partial charge >= 0.3 is 18.2 Å². The van der Waals surface area contributed by atoms with Crippen LogP contribution in [0, 0.1) is 5.82 Å². The summed E-state index contributed by atoms with van der Waals surface area (Å²) in [5.74, 6) is -2.13. The lowest BCUT2D eigenvalue weighted by molar-refractivity contribution is -0.137. The molecule has 29 heavy (non-hydrogen) atoms. The number of carbonyl (C=O) groups excluding carboxylic acids is 1. The summed E-state index contributed by atoms with van der Waals surface area (Å²) >= 11 is 0. The highest BCUT2D eigenvalue weighted by atomic mass is 19.4. The normalized spacial score (nSPS) is 11.7. The number of para-hydroxylation sites is 1. The molecule has 0 aliphatic heterocycles. The van der Waals surface area contributed by atoms with Crippen molar-refractivity contribution in [3.05, 3.63) is 58.9 Å². The Kier molecular flexibility index (Phi) is 6.47. The van der Waals surface area contributed by atoms with Crippen molar-refractivity contribution in [3.63, 3.8) is 0 Å². The number of carbonyl (C=O) groups is 2. The van der Waals surface area contributed by atoms with E-state index in [9.17, 15) is 27.2 Å². The van der Waals surface area contributed by atoms with E-state index in [1.165, 1.54) is 26.2 Å². The second-order valence-corrected chi connectivity index (χ2v) is 5.83. The van der Waals surface area contributed by atoms with E-state index in [-0.39, 0.29) is 28.3 Å².